The van der Waals surface area contributed by atoms with Crippen LogP contribution in [0.25, 0.3) is 6.08 Å². The molecule has 0 atom stereocenters. The molecule has 0 bridgehead atoms. The third-order valence-electron chi connectivity index (χ3n) is 2.34. The lowest BCUT2D eigenvalue weighted by Gasteiger charge is -2.06. The van der Waals surface area contributed by atoms with Crippen molar-refractivity contribution < 1.29 is 5.11 Å². The molecule has 0 aromatic heterocycles. The molecule has 1 aliphatic rings. The van der Waals surface area contributed by atoms with Gasteiger partial charge in [-0.15, -0.1) is 0 Å². The molecule has 1 aromatic rings. The lowest BCUT2D eigenvalue weighted by Crippen LogP contribution is -1.96. The Hall–Kier alpha value is -1.96. The van der Waals surface area contributed by atoms with Crippen molar-refractivity contribution in [3.63, 3.8) is 0 Å². The summed E-state index contributed by atoms with van der Waals surface area (Å²) in [4.78, 5) is 0. The van der Waals surface area contributed by atoms with Crippen LogP contribution in [0.3, 0.4) is 0 Å². The number of benzene rings is 1. The Labute approximate surface area is 89.0 Å². The first kappa shape index (κ1) is 9.59. The summed E-state index contributed by atoms with van der Waals surface area (Å²) in [6.07, 6.45) is 8.59. The average Bonchev–Trinajstić information content (AvgIpc) is 2.25. The van der Waals surface area contributed by atoms with E-state index in [1.54, 1.807) is 6.07 Å². The molecule has 0 amide bonds. The molecule has 0 fully saturated rings. The third kappa shape index (κ3) is 2.29. The highest BCUT2D eigenvalue weighted by Crippen LogP contribution is 2.22. The van der Waals surface area contributed by atoms with E-state index < -0.39 is 0 Å². The maximum atomic E-state index is 9.58. The number of aromatic hydroxyl groups is 1. The minimum Gasteiger partial charge on any atom is -0.507 e. The zero-order valence-corrected chi connectivity index (χ0v) is 8.35. The normalized spacial score (nSPS) is 17.9. The number of phenols is 1. The summed E-state index contributed by atoms with van der Waals surface area (Å²) in [7, 11) is 0. The zero-order valence-electron chi connectivity index (χ0n) is 8.35. The van der Waals surface area contributed by atoms with Crippen molar-refractivity contribution in [2.75, 3.05) is 0 Å². The second-order valence-corrected chi connectivity index (χ2v) is 3.52. The SMILES string of the molecule is NC1=CCC(=Cc2ccccc2O)C=C1. The first-order chi connectivity index (χ1) is 7.25. The van der Waals surface area contributed by atoms with Gasteiger partial charge in [0.25, 0.3) is 0 Å². The highest BCUT2D eigenvalue weighted by Gasteiger charge is 2.00. The number of phenolic OH excluding ortho intramolecular Hbond substituents is 1. The lowest BCUT2D eigenvalue weighted by molar-refractivity contribution is 0.474. The average molecular weight is 199 g/mol. The van der Waals surface area contributed by atoms with Gasteiger partial charge in [0.05, 0.1) is 0 Å². The van der Waals surface area contributed by atoms with E-state index in [2.05, 4.69) is 0 Å². The van der Waals surface area contributed by atoms with Crippen LogP contribution in [0.5, 0.6) is 5.75 Å². The minimum atomic E-state index is 0.306. The fraction of sp³-hybridized carbons (Fsp3) is 0.0769. The van der Waals surface area contributed by atoms with Gasteiger partial charge in [0, 0.05) is 11.3 Å². The van der Waals surface area contributed by atoms with Gasteiger partial charge in [-0.3, -0.25) is 0 Å². The van der Waals surface area contributed by atoms with Crippen molar-refractivity contribution in [3.8, 4) is 5.75 Å². The lowest BCUT2D eigenvalue weighted by atomic mass is 10.0. The smallest absolute Gasteiger partial charge is 0.122 e. The molecule has 0 aliphatic heterocycles. The predicted octanol–water partition coefficient (Wildman–Crippen LogP) is 2.58. The molecule has 3 N–H and O–H groups in total. The molecule has 0 heterocycles. The molecule has 15 heavy (non-hydrogen) atoms. The van der Waals surface area contributed by atoms with Crippen LogP contribution in [-0.4, -0.2) is 5.11 Å². The molecule has 0 spiro atoms. The Balaban J connectivity index is 2.26. The summed E-state index contributed by atoms with van der Waals surface area (Å²) in [6.45, 7) is 0. The molecule has 0 saturated carbocycles. The zero-order chi connectivity index (χ0) is 10.7. The number of hydrogen-bond donors (Lipinski definition) is 2. The standard InChI is InChI=1S/C13H13NO/c14-12-7-5-10(6-8-12)9-11-3-1-2-4-13(11)15/h1-5,7-9,15H,6,14H2. The van der Waals surface area contributed by atoms with Gasteiger partial charge in [-0.1, -0.05) is 30.4 Å². The van der Waals surface area contributed by atoms with Gasteiger partial charge < -0.3 is 10.8 Å². The van der Waals surface area contributed by atoms with Crippen LogP contribution in [0.15, 0.2) is 53.8 Å². The van der Waals surface area contributed by atoms with Crippen molar-refractivity contribution >= 4 is 6.08 Å². The van der Waals surface area contributed by atoms with Gasteiger partial charge in [0.1, 0.15) is 5.75 Å². The van der Waals surface area contributed by atoms with Gasteiger partial charge in [-0.25, -0.2) is 0 Å². The van der Waals surface area contributed by atoms with E-state index in [0.717, 1.165) is 23.3 Å². The predicted molar refractivity (Wildman–Crippen MR) is 62.1 cm³/mol. The molecule has 0 radical (unpaired) electrons. The first-order valence-corrected chi connectivity index (χ1v) is 4.88. The molecular formula is C13H13NO. The molecule has 0 saturated heterocycles. The van der Waals surface area contributed by atoms with Gasteiger partial charge in [-0.05, 0) is 30.2 Å². The van der Waals surface area contributed by atoms with E-state index >= 15 is 0 Å². The molecule has 0 unspecified atom stereocenters. The van der Waals surface area contributed by atoms with Crippen molar-refractivity contribution in [1.29, 1.82) is 0 Å². The van der Waals surface area contributed by atoms with E-state index in [4.69, 9.17) is 5.73 Å². The highest BCUT2D eigenvalue weighted by molar-refractivity contribution is 5.62. The molecular weight excluding hydrogens is 186 g/mol. The van der Waals surface area contributed by atoms with Crippen LogP contribution >= 0.6 is 0 Å². The molecule has 2 heteroatoms. The highest BCUT2D eigenvalue weighted by atomic mass is 16.3. The van der Waals surface area contributed by atoms with Crippen LogP contribution < -0.4 is 5.73 Å². The third-order valence-corrected chi connectivity index (χ3v) is 2.34. The van der Waals surface area contributed by atoms with E-state index in [-0.39, 0.29) is 0 Å². The monoisotopic (exact) mass is 199 g/mol. The minimum absolute atomic E-state index is 0.306. The summed E-state index contributed by atoms with van der Waals surface area (Å²) in [5.41, 5.74) is 8.40. The Bertz CT molecular complexity index is 455. The Kier molecular flexibility index (Phi) is 2.59. The maximum Gasteiger partial charge on any atom is 0.122 e. The van der Waals surface area contributed by atoms with Crippen LogP contribution in [0.4, 0.5) is 0 Å². The summed E-state index contributed by atoms with van der Waals surface area (Å²) in [5.74, 6) is 0.306. The maximum absolute atomic E-state index is 9.58. The van der Waals surface area contributed by atoms with Crippen LogP contribution in [0.2, 0.25) is 0 Å². The van der Waals surface area contributed by atoms with Crippen LogP contribution in [0.1, 0.15) is 12.0 Å². The van der Waals surface area contributed by atoms with Crippen molar-refractivity contribution in [1.82, 2.24) is 0 Å². The Morgan fingerprint density at radius 2 is 2.00 bits per heavy atom. The van der Waals surface area contributed by atoms with Gasteiger partial charge in [0.2, 0.25) is 0 Å². The quantitative estimate of drug-likeness (QED) is 0.730. The van der Waals surface area contributed by atoms with Gasteiger partial charge in [-0.2, -0.15) is 0 Å². The summed E-state index contributed by atoms with van der Waals surface area (Å²) < 4.78 is 0. The molecule has 2 nitrogen and oxygen atoms in total. The number of hydrogen-bond acceptors (Lipinski definition) is 2. The topological polar surface area (TPSA) is 46.2 Å². The number of nitrogens with two attached hydrogens (primary N) is 1. The van der Waals surface area contributed by atoms with Crippen LogP contribution in [-0.2, 0) is 0 Å². The van der Waals surface area contributed by atoms with E-state index in [9.17, 15) is 5.11 Å². The number of allylic oxidation sites excluding steroid dienone is 4. The van der Waals surface area contributed by atoms with Crippen molar-refractivity contribution in [2.45, 2.75) is 6.42 Å². The van der Waals surface area contributed by atoms with Gasteiger partial charge in [0.15, 0.2) is 0 Å². The van der Waals surface area contributed by atoms with E-state index in [1.807, 2.05) is 42.5 Å². The fourth-order valence-electron chi connectivity index (χ4n) is 1.49. The molecule has 76 valence electrons. The summed E-state index contributed by atoms with van der Waals surface area (Å²) in [6, 6.07) is 7.29. The molecule has 1 aliphatic carbocycles. The molecule has 1 aromatic carbocycles. The second kappa shape index (κ2) is 4.05. The first-order valence-electron chi connectivity index (χ1n) is 4.88. The van der Waals surface area contributed by atoms with Crippen molar-refractivity contribution in [3.05, 3.63) is 59.3 Å². The Morgan fingerprint density at radius 1 is 1.20 bits per heavy atom. The summed E-state index contributed by atoms with van der Waals surface area (Å²) >= 11 is 0. The van der Waals surface area contributed by atoms with E-state index in [1.165, 1.54) is 0 Å². The fourth-order valence-corrected chi connectivity index (χ4v) is 1.49. The van der Waals surface area contributed by atoms with Gasteiger partial charge >= 0.3 is 0 Å². The second-order valence-electron chi connectivity index (χ2n) is 3.52. The van der Waals surface area contributed by atoms with Crippen molar-refractivity contribution in [2.24, 2.45) is 5.73 Å². The number of rotatable bonds is 1. The van der Waals surface area contributed by atoms with E-state index in [0.29, 0.717) is 5.75 Å². The van der Waals surface area contributed by atoms with Crippen LogP contribution in [0, 0.1) is 0 Å². The largest absolute Gasteiger partial charge is 0.507 e. The number of para-hydroxylation sites is 1. The summed E-state index contributed by atoms with van der Waals surface area (Å²) in [5, 5.41) is 9.58. The molecule has 2 rings (SSSR count). The Morgan fingerprint density at radius 3 is 2.67 bits per heavy atom.